The van der Waals surface area contributed by atoms with Gasteiger partial charge in [0.1, 0.15) is 0 Å². The van der Waals surface area contributed by atoms with Crippen LogP contribution in [0.25, 0.3) is 0 Å². The van der Waals surface area contributed by atoms with E-state index in [4.69, 9.17) is 24.4 Å². The van der Waals surface area contributed by atoms with E-state index in [9.17, 15) is 0 Å². The van der Waals surface area contributed by atoms with Crippen LogP contribution in [0.4, 0.5) is 0 Å². The van der Waals surface area contributed by atoms with Gasteiger partial charge in [0.15, 0.2) is 0 Å². The summed E-state index contributed by atoms with van der Waals surface area (Å²) in [5, 5.41) is 16.5. The number of aliphatic hydroxyl groups excluding tert-OH is 2. The average molecular weight is 280 g/mol. The summed E-state index contributed by atoms with van der Waals surface area (Å²) in [6.07, 6.45) is 3.09. The molecule has 0 fully saturated rings. The third kappa shape index (κ3) is 20.3. The number of hydrogen-bond donors (Lipinski definition) is 2. The SMILES string of the molecule is CCC(C)OC(C)CC.OCCOCCOCCO. The van der Waals surface area contributed by atoms with Crippen LogP contribution in [-0.4, -0.2) is 62.1 Å². The summed E-state index contributed by atoms with van der Waals surface area (Å²) in [6.45, 7) is 10.3. The molecule has 5 heteroatoms. The molecule has 0 amide bonds. The van der Waals surface area contributed by atoms with Gasteiger partial charge >= 0.3 is 0 Å². The molecule has 118 valence electrons. The van der Waals surface area contributed by atoms with E-state index in [1.54, 1.807) is 0 Å². The van der Waals surface area contributed by atoms with Crippen molar-refractivity contribution in [1.29, 1.82) is 0 Å². The molecule has 0 aromatic rings. The van der Waals surface area contributed by atoms with E-state index in [0.717, 1.165) is 12.8 Å². The molecule has 19 heavy (non-hydrogen) atoms. The summed E-state index contributed by atoms with van der Waals surface area (Å²) in [7, 11) is 0. The van der Waals surface area contributed by atoms with Gasteiger partial charge in [-0.05, 0) is 26.7 Å². The molecule has 0 heterocycles. The van der Waals surface area contributed by atoms with Gasteiger partial charge in [-0.3, -0.25) is 0 Å². The standard InChI is InChI=1S/C8H18O.C6H14O4/c1-5-7(3)9-8(4)6-2;7-1-3-9-5-6-10-4-2-8/h7-8H,5-6H2,1-4H3;7-8H,1-6H2. The van der Waals surface area contributed by atoms with Crippen LogP contribution in [-0.2, 0) is 14.2 Å². The van der Waals surface area contributed by atoms with Crippen LogP contribution in [0.2, 0.25) is 0 Å². The predicted molar refractivity (Wildman–Crippen MR) is 76.4 cm³/mol. The van der Waals surface area contributed by atoms with E-state index in [-0.39, 0.29) is 13.2 Å². The molecule has 0 aliphatic carbocycles. The van der Waals surface area contributed by atoms with E-state index in [1.807, 2.05) is 0 Å². The van der Waals surface area contributed by atoms with Crippen molar-refractivity contribution in [3.05, 3.63) is 0 Å². The molecule has 0 saturated heterocycles. The van der Waals surface area contributed by atoms with Crippen molar-refractivity contribution in [2.45, 2.75) is 52.7 Å². The quantitative estimate of drug-likeness (QED) is 0.563. The normalized spacial score (nSPS) is 13.6. The summed E-state index contributed by atoms with van der Waals surface area (Å²) in [6, 6.07) is 0. The van der Waals surface area contributed by atoms with E-state index in [2.05, 4.69) is 27.7 Å². The first-order chi connectivity index (χ1) is 9.12. The van der Waals surface area contributed by atoms with E-state index in [1.165, 1.54) is 0 Å². The van der Waals surface area contributed by atoms with Crippen molar-refractivity contribution in [1.82, 2.24) is 0 Å². The topological polar surface area (TPSA) is 68.2 Å². The number of aliphatic hydroxyl groups is 2. The van der Waals surface area contributed by atoms with E-state index >= 15 is 0 Å². The van der Waals surface area contributed by atoms with Crippen molar-refractivity contribution in [3.63, 3.8) is 0 Å². The Morgan fingerprint density at radius 3 is 1.37 bits per heavy atom. The van der Waals surface area contributed by atoms with Gasteiger partial charge in [0.25, 0.3) is 0 Å². The Labute approximate surface area is 117 Å². The van der Waals surface area contributed by atoms with Gasteiger partial charge in [0.2, 0.25) is 0 Å². The molecule has 0 saturated carbocycles. The fourth-order valence-corrected chi connectivity index (χ4v) is 1.04. The number of hydrogen-bond acceptors (Lipinski definition) is 5. The van der Waals surface area contributed by atoms with Gasteiger partial charge in [0, 0.05) is 0 Å². The summed E-state index contributed by atoms with van der Waals surface area (Å²) in [5.41, 5.74) is 0. The fraction of sp³-hybridized carbons (Fsp3) is 1.00. The Morgan fingerprint density at radius 1 is 0.737 bits per heavy atom. The lowest BCUT2D eigenvalue weighted by molar-refractivity contribution is 0.00511. The first-order valence-corrected chi connectivity index (χ1v) is 7.14. The van der Waals surface area contributed by atoms with Crippen molar-refractivity contribution in [2.24, 2.45) is 0 Å². The molecular formula is C14H32O5. The molecule has 2 N–H and O–H groups in total. The molecule has 5 nitrogen and oxygen atoms in total. The minimum Gasteiger partial charge on any atom is -0.394 e. The Balaban J connectivity index is 0. The van der Waals surface area contributed by atoms with Crippen LogP contribution in [0.15, 0.2) is 0 Å². The van der Waals surface area contributed by atoms with E-state index in [0.29, 0.717) is 38.6 Å². The first kappa shape index (κ1) is 21.1. The molecule has 2 unspecified atom stereocenters. The minimum absolute atomic E-state index is 0.0417. The maximum absolute atomic E-state index is 8.26. The van der Waals surface area contributed by atoms with Crippen LogP contribution < -0.4 is 0 Å². The van der Waals surface area contributed by atoms with Crippen LogP contribution in [0.3, 0.4) is 0 Å². The lowest BCUT2D eigenvalue weighted by atomic mass is 10.3. The highest BCUT2D eigenvalue weighted by molar-refractivity contribution is 4.50. The van der Waals surface area contributed by atoms with Gasteiger partial charge in [-0.1, -0.05) is 13.8 Å². The third-order valence-corrected chi connectivity index (χ3v) is 2.46. The summed E-state index contributed by atoms with van der Waals surface area (Å²) < 4.78 is 15.3. The Bertz CT molecular complexity index is 139. The number of rotatable bonds is 11. The van der Waals surface area contributed by atoms with Gasteiger partial charge in [-0.2, -0.15) is 0 Å². The third-order valence-electron chi connectivity index (χ3n) is 2.46. The van der Waals surface area contributed by atoms with E-state index < -0.39 is 0 Å². The highest BCUT2D eigenvalue weighted by Crippen LogP contribution is 2.03. The van der Waals surface area contributed by atoms with Crippen LogP contribution in [0.5, 0.6) is 0 Å². The molecule has 0 rings (SSSR count). The molecule has 0 radical (unpaired) electrons. The molecule has 0 aromatic heterocycles. The van der Waals surface area contributed by atoms with Gasteiger partial charge in [-0.15, -0.1) is 0 Å². The smallest absolute Gasteiger partial charge is 0.0701 e. The molecular weight excluding hydrogens is 248 g/mol. The molecule has 0 bridgehead atoms. The predicted octanol–water partition coefficient (Wildman–Crippen LogP) is 1.60. The molecule has 0 aromatic carbocycles. The van der Waals surface area contributed by atoms with Gasteiger partial charge in [0.05, 0.1) is 51.8 Å². The fourth-order valence-electron chi connectivity index (χ4n) is 1.04. The summed E-state index contributed by atoms with van der Waals surface area (Å²) in [5.74, 6) is 0. The zero-order valence-corrected chi connectivity index (χ0v) is 12.9. The van der Waals surface area contributed by atoms with Crippen molar-refractivity contribution >= 4 is 0 Å². The zero-order chi connectivity index (χ0) is 14.9. The van der Waals surface area contributed by atoms with Crippen molar-refractivity contribution in [3.8, 4) is 0 Å². The Morgan fingerprint density at radius 2 is 1.11 bits per heavy atom. The van der Waals surface area contributed by atoms with Crippen LogP contribution in [0.1, 0.15) is 40.5 Å². The zero-order valence-electron chi connectivity index (χ0n) is 12.9. The second-order valence-corrected chi connectivity index (χ2v) is 4.25. The Hall–Kier alpha value is -0.200. The van der Waals surface area contributed by atoms with Gasteiger partial charge in [-0.25, -0.2) is 0 Å². The highest BCUT2D eigenvalue weighted by atomic mass is 16.5. The minimum atomic E-state index is 0.0417. The van der Waals surface area contributed by atoms with Crippen molar-refractivity contribution < 1.29 is 24.4 Å². The second-order valence-electron chi connectivity index (χ2n) is 4.25. The maximum atomic E-state index is 8.26. The lowest BCUT2D eigenvalue weighted by Crippen LogP contribution is -2.14. The average Bonchev–Trinajstić information content (AvgIpc) is 2.43. The summed E-state index contributed by atoms with van der Waals surface area (Å²) in [4.78, 5) is 0. The molecule has 2 atom stereocenters. The number of ether oxygens (including phenoxy) is 3. The van der Waals surface area contributed by atoms with Crippen LogP contribution >= 0.6 is 0 Å². The first-order valence-electron chi connectivity index (χ1n) is 7.14. The highest BCUT2D eigenvalue weighted by Gasteiger charge is 2.02. The van der Waals surface area contributed by atoms with Gasteiger partial charge < -0.3 is 24.4 Å². The Kier molecular flexibility index (Phi) is 19.8. The lowest BCUT2D eigenvalue weighted by Gasteiger charge is -2.15. The molecule has 0 spiro atoms. The largest absolute Gasteiger partial charge is 0.394 e. The second kappa shape index (κ2) is 17.8. The molecule has 0 aliphatic rings. The summed E-state index contributed by atoms with van der Waals surface area (Å²) >= 11 is 0. The van der Waals surface area contributed by atoms with Crippen LogP contribution in [0, 0.1) is 0 Å². The maximum Gasteiger partial charge on any atom is 0.0701 e. The monoisotopic (exact) mass is 280 g/mol. The molecule has 0 aliphatic heterocycles. The van der Waals surface area contributed by atoms with Crippen molar-refractivity contribution in [2.75, 3.05) is 39.6 Å².